The van der Waals surface area contributed by atoms with Gasteiger partial charge in [0.1, 0.15) is 12.4 Å². The minimum absolute atomic E-state index is 0.0135. The molecular weight excluding hydrogens is 406 g/mol. The number of nitrogens with zero attached hydrogens (tertiary/aromatic N) is 2. The molecule has 5 rings (SSSR count). The molecule has 2 aromatic carbocycles. The summed E-state index contributed by atoms with van der Waals surface area (Å²) in [4.78, 5) is 19.6. The Hall–Kier alpha value is -2.67. The standard InChI is InChI=1S/C25H27N3O2S/c29-25(23-16-20-18-30-22-9-5-4-8-21(22)24(20)31-23)26-10-11-27-12-14-28(15-13-27)17-19-6-2-1-3-7-19/h1-9,16H,10-15,17-18H2,(H,26,29). The SMILES string of the molecule is O=C(NCCN1CCN(Cc2ccccc2)CC1)c1cc2c(s1)-c1ccccc1OC2. The summed E-state index contributed by atoms with van der Waals surface area (Å²) in [6.07, 6.45) is 0. The highest BCUT2D eigenvalue weighted by Gasteiger charge is 2.22. The monoisotopic (exact) mass is 433 g/mol. The summed E-state index contributed by atoms with van der Waals surface area (Å²) in [5.41, 5.74) is 3.56. The molecule has 5 nitrogen and oxygen atoms in total. The molecule has 0 unspecified atom stereocenters. The zero-order chi connectivity index (χ0) is 21.0. The van der Waals surface area contributed by atoms with Gasteiger partial charge in [0.05, 0.1) is 4.88 Å². The number of piperazine rings is 1. The highest BCUT2D eigenvalue weighted by molar-refractivity contribution is 7.17. The van der Waals surface area contributed by atoms with Gasteiger partial charge in [-0.1, -0.05) is 42.5 Å². The van der Waals surface area contributed by atoms with E-state index in [4.69, 9.17) is 4.74 Å². The first-order valence-electron chi connectivity index (χ1n) is 10.9. The second kappa shape index (κ2) is 9.22. The van der Waals surface area contributed by atoms with Crippen LogP contribution in [0.2, 0.25) is 0 Å². The van der Waals surface area contributed by atoms with Crippen molar-refractivity contribution in [1.82, 2.24) is 15.1 Å². The zero-order valence-electron chi connectivity index (χ0n) is 17.5. The average Bonchev–Trinajstić information content (AvgIpc) is 3.26. The van der Waals surface area contributed by atoms with Crippen molar-refractivity contribution in [2.24, 2.45) is 0 Å². The van der Waals surface area contributed by atoms with Crippen molar-refractivity contribution in [1.29, 1.82) is 0 Å². The number of fused-ring (bicyclic) bond motifs is 3. The van der Waals surface area contributed by atoms with E-state index in [0.717, 1.165) is 65.9 Å². The second-order valence-corrected chi connectivity index (χ2v) is 9.16. The molecule has 2 aliphatic heterocycles. The topological polar surface area (TPSA) is 44.8 Å². The molecule has 0 bridgehead atoms. The Labute approximate surface area is 187 Å². The second-order valence-electron chi connectivity index (χ2n) is 8.11. The average molecular weight is 434 g/mol. The normalized spacial score (nSPS) is 16.3. The maximum Gasteiger partial charge on any atom is 0.261 e. The van der Waals surface area contributed by atoms with E-state index in [1.807, 2.05) is 24.3 Å². The summed E-state index contributed by atoms with van der Waals surface area (Å²) in [6, 6.07) is 20.7. The van der Waals surface area contributed by atoms with E-state index in [1.54, 1.807) is 11.3 Å². The number of amides is 1. The maximum absolute atomic E-state index is 12.7. The van der Waals surface area contributed by atoms with Crippen molar-refractivity contribution in [2.45, 2.75) is 13.2 Å². The molecule has 0 atom stereocenters. The molecule has 0 aliphatic carbocycles. The molecular formula is C25H27N3O2S. The van der Waals surface area contributed by atoms with Crippen LogP contribution in [0.3, 0.4) is 0 Å². The number of thiophene rings is 1. The van der Waals surface area contributed by atoms with Gasteiger partial charge in [0.15, 0.2) is 0 Å². The van der Waals surface area contributed by atoms with Gasteiger partial charge in [-0.3, -0.25) is 14.6 Å². The van der Waals surface area contributed by atoms with E-state index in [9.17, 15) is 4.79 Å². The molecule has 1 N–H and O–H groups in total. The summed E-state index contributed by atoms with van der Waals surface area (Å²) < 4.78 is 5.81. The predicted molar refractivity (Wildman–Crippen MR) is 125 cm³/mol. The van der Waals surface area contributed by atoms with Crippen molar-refractivity contribution < 1.29 is 9.53 Å². The molecule has 1 amide bonds. The zero-order valence-corrected chi connectivity index (χ0v) is 18.4. The van der Waals surface area contributed by atoms with Crippen LogP contribution in [0.5, 0.6) is 5.75 Å². The van der Waals surface area contributed by atoms with E-state index in [0.29, 0.717) is 13.2 Å². The number of carbonyl (C=O) groups excluding carboxylic acids is 1. The van der Waals surface area contributed by atoms with E-state index >= 15 is 0 Å². The number of hydrogen-bond donors (Lipinski definition) is 1. The molecule has 160 valence electrons. The number of rotatable bonds is 6. The molecule has 31 heavy (non-hydrogen) atoms. The smallest absolute Gasteiger partial charge is 0.261 e. The van der Waals surface area contributed by atoms with E-state index in [2.05, 4.69) is 51.5 Å². The number of carbonyl (C=O) groups is 1. The lowest BCUT2D eigenvalue weighted by Gasteiger charge is -2.34. The summed E-state index contributed by atoms with van der Waals surface area (Å²) >= 11 is 1.56. The van der Waals surface area contributed by atoms with Crippen LogP contribution in [0.1, 0.15) is 20.8 Å². The molecule has 3 aromatic rings. The molecule has 1 aromatic heterocycles. The maximum atomic E-state index is 12.7. The summed E-state index contributed by atoms with van der Waals surface area (Å²) in [5.74, 6) is 0.912. The van der Waals surface area contributed by atoms with Crippen molar-refractivity contribution in [3.8, 4) is 16.2 Å². The minimum atomic E-state index is 0.0135. The van der Waals surface area contributed by atoms with Gasteiger partial charge in [0.25, 0.3) is 5.91 Å². The number of ether oxygens (including phenoxy) is 1. The molecule has 6 heteroatoms. The van der Waals surface area contributed by atoms with Crippen LogP contribution in [0.15, 0.2) is 60.7 Å². The van der Waals surface area contributed by atoms with Crippen LogP contribution in [0.4, 0.5) is 0 Å². The van der Waals surface area contributed by atoms with Gasteiger partial charge in [-0.2, -0.15) is 0 Å². The Bertz CT molecular complexity index is 1040. The fraction of sp³-hybridized carbons (Fsp3) is 0.320. The molecule has 0 saturated carbocycles. The summed E-state index contributed by atoms with van der Waals surface area (Å²) in [5, 5.41) is 3.11. The Balaban J connectivity index is 1.09. The van der Waals surface area contributed by atoms with Gasteiger partial charge in [-0.05, 0) is 23.8 Å². The van der Waals surface area contributed by atoms with Crippen LogP contribution in [-0.2, 0) is 13.2 Å². The van der Waals surface area contributed by atoms with Crippen molar-refractivity contribution >= 4 is 17.2 Å². The highest BCUT2D eigenvalue weighted by atomic mass is 32.1. The molecule has 0 spiro atoms. The Kier molecular flexibility index (Phi) is 6.02. The molecule has 3 heterocycles. The first-order valence-corrected chi connectivity index (χ1v) is 11.7. The predicted octanol–water partition coefficient (Wildman–Crippen LogP) is 3.86. The van der Waals surface area contributed by atoms with E-state index < -0.39 is 0 Å². The molecule has 0 radical (unpaired) electrons. The van der Waals surface area contributed by atoms with Gasteiger partial charge in [0.2, 0.25) is 0 Å². The highest BCUT2D eigenvalue weighted by Crippen LogP contribution is 2.42. The summed E-state index contributed by atoms with van der Waals surface area (Å²) in [6.45, 7) is 7.34. The lowest BCUT2D eigenvalue weighted by Crippen LogP contribution is -2.48. The van der Waals surface area contributed by atoms with Crippen molar-refractivity contribution in [3.05, 3.63) is 76.7 Å². The Morgan fingerprint density at radius 3 is 2.55 bits per heavy atom. The summed E-state index contributed by atoms with van der Waals surface area (Å²) in [7, 11) is 0. The Morgan fingerprint density at radius 2 is 1.71 bits per heavy atom. The fourth-order valence-corrected chi connectivity index (χ4v) is 5.35. The Morgan fingerprint density at radius 1 is 0.968 bits per heavy atom. The first kappa shape index (κ1) is 20.2. The third kappa shape index (κ3) is 4.66. The van der Waals surface area contributed by atoms with Crippen LogP contribution >= 0.6 is 11.3 Å². The third-order valence-electron chi connectivity index (χ3n) is 5.98. The van der Waals surface area contributed by atoms with Gasteiger partial charge in [-0.15, -0.1) is 11.3 Å². The van der Waals surface area contributed by atoms with E-state index in [-0.39, 0.29) is 5.91 Å². The van der Waals surface area contributed by atoms with Gasteiger partial charge < -0.3 is 10.1 Å². The molecule has 1 fully saturated rings. The number of hydrogen-bond acceptors (Lipinski definition) is 5. The van der Waals surface area contributed by atoms with Crippen LogP contribution in [-0.4, -0.2) is 55.0 Å². The quantitative estimate of drug-likeness (QED) is 0.641. The van der Waals surface area contributed by atoms with Crippen molar-refractivity contribution in [3.63, 3.8) is 0 Å². The largest absolute Gasteiger partial charge is 0.488 e. The molecule has 2 aliphatic rings. The van der Waals surface area contributed by atoms with Crippen LogP contribution in [0.25, 0.3) is 10.4 Å². The minimum Gasteiger partial charge on any atom is -0.488 e. The number of benzene rings is 2. The third-order valence-corrected chi connectivity index (χ3v) is 7.18. The lowest BCUT2D eigenvalue weighted by molar-refractivity contribution is 0.0938. The number of para-hydroxylation sites is 1. The van der Waals surface area contributed by atoms with Crippen molar-refractivity contribution in [2.75, 3.05) is 39.3 Å². The number of nitrogens with one attached hydrogen (secondary N) is 1. The van der Waals surface area contributed by atoms with Gasteiger partial charge in [0, 0.05) is 61.8 Å². The van der Waals surface area contributed by atoms with Crippen LogP contribution < -0.4 is 10.1 Å². The first-order chi connectivity index (χ1) is 15.3. The van der Waals surface area contributed by atoms with Crippen LogP contribution in [0, 0.1) is 0 Å². The fourth-order valence-electron chi connectivity index (χ4n) is 4.24. The van der Waals surface area contributed by atoms with Gasteiger partial charge in [-0.25, -0.2) is 0 Å². The van der Waals surface area contributed by atoms with Gasteiger partial charge >= 0.3 is 0 Å². The lowest BCUT2D eigenvalue weighted by atomic mass is 10.1. The van der Waals surface area contributed by atoms with E-state index in [1.165, 1.54) is 5.56 Å². The molecule has 1 saturated heterocycles.